The summed E-state index contributed by atoms with van der Waals surface area (Å²) in [7, 11) is 0. The number of aliphatic hydroxyl groups excluding tert-OH is 1. The summed E-state index contributed by atoms with van der Waals surface area (Å²) in [5, 5.41) is 12.9. The highest BCUT2D eigenvalue weighted by molar-refractivity contribution is 5.32. The van der Waals surface area contributed by atoms with Crippen LogP contribution in [0.2, 0.25) is 0 Å². The van der Waals surface area contributed by atoms with Crippen molar-refractivity contribution in [3.05, 3.63) is 35.4 Å². The van der Waals surface area contributed by atoms with Crippen LogP contribution in [0.25, 0.3) is 0 Å². The minimum Gasteiger partial charge on any atom is -0.395 e. The predicted octanol–water partition coefficient (Wildman–Crippen LogP) is 2.36. The van der Waals surface area contributed by atoms with Gasteiger partial charge in [0.05, 0.1) is 6.61 Å². The van der Waals surface area contributed by atoms with E-state index in [2.05, 4.69) is 34.5 Å². The molecular weight excluding hydrogens is 260 g/mol. The van der Waals surface area contributed by atoms with Gasteiger partial charge in [-0.25, -0.2) is 0 Å². The number of aliphatic hydroxyl groups is 1. The molecule has 1 aromatic carbocycles. The molecule has 0 radical (unpaired) electrons. The molecule has 3 heteroatoms. The molecule has 0 bridgehead atoms. The number of fused-ring (bicyclic) bond motifs is 1. The highest BCUT2D eigenvalue weighted by Crippen LogP contribution is 2.35. The molecule has 1 unspecified atom stereocenters. The summed E-state index contributed by atoms with van der Waals surface area (Å²) in [6.45, 7) is 4.52. The van der Waals surface area contributed by atoms with Crippen LogP contribution in [-0.4, -0.2) is 42.8 Å². The maximum Gasteiger partial charge on any atom is 0.0558 e. The molecule has 1 saturated heterocycles. The first-order chi connectivity index (χ1) is 10.4. The van der Waals surface area contributed by atoms with Gasteiger partial charge < -0.3 is 10.4 Å². The third-order valence-electron chi connectivity index (χ3n) is 5.12. The van der Waals surface area contributed by atoms with Crippen molar-refractivity contribution in [1.82, 2.24) is 10.2 Å². The molecule has 1 aromatic rings. The highest BCUT2D eigenvalue weighted by Gasteiger charge is 2.27. The molecule has 2 N–H and O–H groups in total. The zero-order chi connectivity index (χ0) is 14.5. The number of benzene rings is 1. The van der Waals surface area contributed by atoms with Crippen LogP contribution in [0.4, 0.5) is 0 Å². The third kappa shape index (κ3) is 3.65. The summed E-state index contributed by atoms with van der Waals surface area (Å²) in [4.78, 5) is 2.55. The summed E-state index contributed by atoms with van der Waals surface area (Å²) in [5.41, 5.74) is 3.02. The summed E-state index contributed by atoms with van der Waals surface area (Å²) in [5.74, 6) is 0.784. The van der Waals surface area contributed by atoms with Gasteiger partial charge in [0.25, 0.3) is 0 Å². The van der Waals surface area contributed by atoms with Crippen LogP contribution in [0.1, 0.15) is 42.9 Å². The van der Waals surface area contributed by atoms with E-state index in [1.807, 2.05) is 0 Å². The van der Waals surface area contributed by atoms with Gasteiger partial charge in [-0.05, 0) is 62.2 Å². The fraction of sp³-hybridized carbons (Fsp3) is 0.667. The maximum absolute atomic E-state index is 9.49. The average molecular weight is 288 g/mol. The van der Waals surface area contributed by atoms with Crippen LogP contribution in [0.3, 0.4) is 0 Å². The van der Waals surface area contributed by atoms with E-state index in [4.69, 9.17) is 0 Å². The van der Waals surface area contributed by atoms with Crippen LogP contribution in [-0.2, 0) is 6.42 Å². The molecule has 1 fully saturated rings. The van der Waals surface area contributed by atoms with Crippen molar-refractivity contribution >= 4 is 0 Å². The van der Waals surface area contributed by atoms with Crippen molar-refractivity contribution in [1.29, 1.82) is 0 Å². The lowest BCUT2D eigenvalue weighted by molar-refractivity contribution is 0.110. The zero-order valence-electron chi connectivity index (χ0n) is 12.9. The second-order valence-electron chi connectivity index (χ2n) is 6.52. The largest absolute Gasteiger partial charge is 0.395 e. The van der Waals surface area contributed by atoms with Gasteiger partial charge >= 0.3 is 0 Å². The Bertz CT molecular complexity index is 443. The number of aryl methyl sites for hydroxylation is 1. The smallest absolute Gasteiger partial charge is 0.0558 e. The molecule has 0 saturated carbocycles. The van der Waals surface area contributed by atoms with Crippen molar-refractivity contribution in [3.8, 4) is 0 Å². The minimum atomic E-state index is 0.267. The molecule has 2 aliphatic rings. The van der Waals surface area contributed by atoms with Crippen LogP contribution in [0, 0.1) is 5.92 Å². The molecule has 116 valence electrons. The van der Waals surface area contributed by atoms with E-state index >= 15 is 0 Å². The first kappa shape index (κ1) is 15.0. The Labute approximate surface area is 128 Å². The van der Waals surface area contributed by atoms with E-state index in [1.54, 1.807) is 0 Å². The lowest BCUT2D eigenvalue weighted by Gasteiger charge is -2.38. The molecular formula is C18H28N2O. The Morgan fingerprint density at radius 3 is 2.76 bits per heavy atom. The molecule has 1 aliphatic carbocycles. The molecule has 21 heavy (non-hydrogen) atoms. The summed E-state index contributed by atoms with van der Waals surface area (Å²) < 4.78 is 0. The van der Waals surface area contributed by atoms with Gasteiger partial charge in [-0.2, -0.15) is 0 Å². The molecule has 1 aliphatic heterocycles. The number of hydrogen-bond acceptors (Lipinski definition) is 3. The quantitative estimate of drug-likeness (QED) is 0.873. The Hall–Kier alpha value is -0.900. The Morgan fingerprint density at radius 1 is 1.14 bits per heavy atom. The van der Waals surface area contributed by atoms with Crippen molar-refractivity contribution < 1.29 is 5.11 Å². The normalized spacial score (nSPS) is 23.2. The number of piperidine rings is 1. The molecule has 1 heterocycles. The van der Waals surface area contributed by atoms with E-state index in [9.17, 15) is 5.11 Å². The Kier molecular flexibility index (Phi) is 5.28. The Morgan fingerprint density at radius 2 is 1.95 bits per heavy atom. The first-order valence-corrected chi connectivity index (χ1v) is 8.52. The summed E-state index contributed by atoms with van der Waals surface area (Å²) in [6.07, 6.45) is 6.28. The lowest BCUT2D eigenvalue weighted by Crippen LogP contribution is -2.40. The molecule has 3 nitrogen and oxygen atoms in total. The first-order valence-electron chi connectivity index (χ1n) is 8.52. The molecule has 3 rings (SSSR count). The van der Waals surface area contributed by atoms with E-state index < -0.39 is 0 Å². The average Bonchev–Trinajstić information content (AvgIpc) is 2.55. The number of nitrogens with zero attached hydrogens (tertiary/aromatic N) is 1. The SMILES string of the molecule is OCCN(CC1CCNCC1)C1CCCc2ccccc21. The zero-order valence-corrected chi connectivity index (χ0v) is 12.9. The van der Waals surface area contributed by atoms with Crippen LogP contribution >= 0.6 is 0 Å². The van der Waals surface area contributed by atoms with Gasteiger partial charge in [-0.1, -0.05) is 24.3 Å². The number of hydrogen-bond donors (Lipinski definition) is 2. The molecule has 0 amide bonds. The van der Waals surface area contributed by atoms with Crippen LogP contribution < -0.4 is 5.32 Å². The monoisotopic (exact) mass is 288 g/mol. The van der Waals surface area contributed by atoms with E-state index in [1.165, 1.54) is 43.2 Å². The topological polar surface area (TPSA) is 35.5 Å². The maximum atomic E-state index is 9.49. The van der Waals surface area contributed by atoms with Gasteiger partial charge in [0.15, 0.2) is 0 Å². The fourth-order valence-corrected chi connectivity index (χ4v) is 4.01. The second kappa shape index (κ2) is 7.39. The fourth-order valence-electron chi connectivity index (χ4n) is 4.01. The molecule has 1 atom stereocenters. The lowest BCUT2D eigenvalue weighted by atomic mass is 9.86. The Balaban J connectivity index is 1.74. The second-order valence-corrected chi connectivity index (χ2v) is 6.52. The molecule has 0 aromatic heterocycles. The number of rotatable bonds is 5. The summed E-state index contributed by atoms with van der Waals surface area (Å²) in [6, 6.07) is 9.41. The standard InChI is InChI=1S/C18H28N2O/c21-13-12-20(14-15-8-10-19-11-9-15)18-7-3-5-16-4-1-2-6-17(16)18/h1-2,4,6,15,18-19,21H,3,5,7-14H2. The van der Waals surface area contributed by atoms with Gasteiger partial charge in [0.1, 0.15) is 0 Å². The van der Waals surface area contributed by atoms with Crippen molar-refractivity contribution in [2.24, 2.45) is 5.92 Å². The van der Waals surface area contributed by atoms with Gasteiger partial charge in [0.2, 0.25) is 0 Å². The van der Waals surface area contributed by atoms with Gasteiger partial charge in [-0.15, -0.1) is 0 Å². The number of nitrogens with one attached hydrogen (secondary N) is 1. The van der Waals surface area contributed by atoms with Crippen molar-refractivity contribution in [2.75, 3.05) is 32.8 Å². The minimum absolute atomic E-state index is 0.267. The van der Waals surface area contributed by atoms with Crippen molar-refractivity contribution in [3.63, 3.8) is 0 Å². The predicted molar refractivity (Wildman–Crippen MR) is 86.4 cm³/mol. The third-order valence-corrected chi connectivity index (χ3v) is 5.12. The van der Waals surface area contributed by atoms with E-state index in [0.717, 1.165) is 32.1 Å². The van der Waals surface area contributed by atoms with Crippen molar-refractivity contribution in [2.45, 2.75) is 38.1 Å². The van der Waals surface area contributed by atoms with Gasteiger partial charge in [0, 0.05) is 19.1 Å². The van der Waals surface area contributed by atoms with Crippen LogP contribution in [0.5, 0.6) is 0 Å². The molecule has 0 spiro atoms. The van der Waals surface area contributed by atoms with Crippen LogP contribution in [0.15, 0.2) is 24.3 Å². The van der Waals surface area contributed by atoms with E-state index in [0.29, 0.717) is 6.04 Å². The van der Waals surface area contributed by atoms with E-state index in [-0.39, 0.29) is 6.61 Å². The van der Waals surface area contributed by atoms with Gasteiger partial charge in [-0.3, -0.25) is 4.90 Å². The summed E-state index contributed by atoms with van der Waals surface area (Å²) >= 11 is 0. The highest BCUT2D eigenvalue weighted by atomic mass is 16.3.